The van der Waals surface area contributed by atoms with Crippen molar-refractivity contribution in [1.82, 2.24) is 9.80 Å². The number of nitro benzene ring substituents is 1. The van der Waals surface area contributed by atoms with E-state index >= 15 is 0 Å². The number of benzene rings is 2. The van der Waals surface area contributed by atoms with Gasteiger partial charge in [-0.1, -0.05) is 0 Å². The maximum atomic E-state index is 10.6. The van der Waals surface area contributed by atoms with Crippen molar-refractivity contribution >= 4 is 22.7 Å². The number of likely N-dealkylation sites (N-methyl/N-ethyl adjacent to an activating group) is 1. The Bertz CT molecular complexity index is 760. The number of anilines is 1. The zero-order chi connectivity index (χ0) is 18.4. The van der Waals surface area contributed by atoms with Crippen LogP contribution in [-0.2, 0) is 0 Å². The van der Waals surface area contributed by atoms with E-state index in [1.165, 1.54) is 12.1 Å². The Kier molecular flexibility index (Phi) is 5.88. The molecule has 1 aliphatic rings. The van der Waals surface area contributed by atoms with Crippen LogP contribution in [0.2, 0.25) is 0 Å². The molecular formula is C18H22N6O2. The molecular weight excluding hydrogens is 332 g/mol. The van der Waals surface area contributed by atoms with Crippen LogP contribution < -0.4 is 5.32 Å². The van der Waals surface area contributed by atoms with Crippen LogP contribution in [0.25, 0.3) is 0 Å². The fraction of sp³-hybridized carbons (Fsp3) is 0.333. The van der Waals surface area contributed by atoms with Gasteiger partial charge >= 0.3 is 0 Å². The van der Waals surface area contributed by atoms with Crippen molar-refractivity contribution in [2.24, 2.45) is 10.2 Å². The van der Waals surface area contributed by atoms with Gasteiger partial charge in [-0.3, -0.25) is 19.9 Å². The predicted octanol–water partition coefficient (Wildman–Crippen LogP) is 3.63. The fourth-order valence-electron chi connectivity index (χ4n) is 2.74. The van der Waals surface area contributed by atoms with Gasteiger partial charge in [0, 0.05) is 44.0 Å². The lowest BCUT2D eigenvalue weighted by Gasteiger charge is -2.16. The first-order chi connectivity index (χ1) is 12.6. The smallest absolute Gasteiger partial charge is 0.269 e. The number of azo groups is 1. The van der Waals surface area contributed by atoms with E-state index in [0.717, 1.165) is 44.2 Å². The molecule has 3 rings (SSSR count). The minimum absolute atomic E-state index is 0.0416. The third-order valence-electron chi connectivity index (χ3n) is 4.21. The van der Waals surface area contributed by atoms with E-state index < -0.39 is 4.92 Å². The Labute approximate surface area is 152 Å². The van der Waals surface area contributed by atoms with Crippen LogP contribution >= 0.6 is 0 Å². The standard InChI is InChI=1S/C18H22N6O2/c1-22-12-13-23(14-22)11-10-19-15-2-4-16(5-3-15)20-21-17-6-8-18(9-7-17)24(25)26/h2-9,19H,10-14H2,1H3. The average molecular weight is 354 g/mol. The molecule has 8 heteroatoms. The number of rotatable bonds is 7. The summed E-state index contributed by atoms with van der Waals surface area (Å²) in [5.74, 6) is 0. The highest BCUT2D eigenvalue weighted by Gasteiger charge is 2.14. The third-order valence-corrected chi connectivity index (χ3v) is 4.21. The van der Waals surface area contributed by atoms with E-state index in [2.05, 4.69) is 32.4 Å². The van der Waals surface area contributed by atoms with E-state index in [4.69, 9.17) is 0 Å². The molecule has 0 saturated carbocycles. The molecule has 1 aliphatic heterocycles. The van der Waals surface area contributed by atoms with Crippen LogP contribution in [0.15, 0.2) is 58.8 Å². The van der Waals surface area contributed by atoms with Gasteiger partial charge in [0.2, 0.25) is 0 Å². The Hall–Kier alpha value is -2.84. The van der Waals surface area contributed by atoms with Crippen LogP contribution in [-0.4, -0.2) is 54.6 Å². The molecule has 0 atom stereocenters. The minimum atomic E-state index is -0.436. The van der Waals surface area contributed by atoms with Gasteiger partial charge in [0.15, 0.2) is 0 Å². The average Bonchev–Trinajstić information content (AvgIpc) is 3.06. The second-order valence-corrected chi connectivity index (χ2v) is 6.29. The van der Waals surface area contributed by atoms with Crippen LogP contribution in [0.3, 0.4) is 0 Å². The van der Waals surface area contributed by atoms with Crippen molar-refractivity contribution in [3.63, 3.8) is 0 Å². The summed E-state index contributed by atoms with van der Waals surface area (Å²) >= 11 is 0. The quantitative estimate of drug-likeness (QED) is 0.466. The summed E-state index contributed by atoms with van der Waals surface area (Å²) in [5.41, 5.74) is 2.40. The molecule has 1 N–H and O–H groups in total. The molecule has 136 valence electrons. The molecule has 0 spiro atoms. The first-order valence-electron chi connectivity index (χ1n) is 8.51. The second-order valence-electron chi connectivity index (χ2n) is 6.29. The van der Waals surface area contributed by atoms with Crippen molar-refractivity contribution in [3.8, 4) is 0 Å². The summed E-state index contributed by atoms with van der Waals surface area (Å²) in [6.07, 6.45) is 0. The molecule has 0 aromatic heterocycles. The first-order valence-corrected chi connectivity index (χ1v) is 8.51. The lowest BCUT2D eigenvalue weighted by atomic mass is 10.3. The zero-order valence-corrected chi connectivity index (χ0v) is 14.7. The van der Waals surface area contributed by atoms with Gasteiger partial charge in [-0.25, -0.2) is 0 Å². The van der Waals surface area contributed by atoms with E-state index in [0.29, 0.717) is 5.69 Å². The number of non-ortho nitro benzene ring substituents is 1. The van der Waals surface area contributed by atoms with E-state index in [1.54, 1.807) is 12.1 Å². The maximum Gasteiger partial charge on any atom is 0.269 e. The Balaban J connectivity index is 1.48. The van der Waals surface area contributed by atoms with Crippen LogP contribution in [0.1, 0.15) is 0 Å². The Morgan fingerprint density at radius 3 is 2.19 bits per heavy atom. The highest BCUT2D eigenvalue weighted by molar-refractivity contribution is 5.51. The van der Waals surface area contributed by atoms with Crippen molar-refractivity contribution < 1.29 is 4.92 Å². The lowest BCUT2D eigenvalue weighted by Crippen LogP contribution is -2.28. The molecule has 1 fully saturated rings. The number of nitro groups is 1. The summed E-state index contributed by atoms with van der Waals surface area (Å²) in [7, 11) is 2.14. The molecule has 1 saturated heterocycles. The van der Waals surface area contributed by atoms with Gasteiger partial charge < -0.3 is 5.32 Å². The highest BCUT2D eigenvalue weighted by atomic mass is 16.6. The Morgan fingerprint density at radius 2 is 1.65 bits per heavy atom. The van der Waals surface area contributed by atoms with Gasteiger partial charge in [-0.2, -0.15) is 10.2 Å². The third kappa shape index (κ3) is 5.08. The minimum Gasteiger partial charge on any atom is -0.384 e. The topological polar surface area (TPSA) is 86.4 Å². The zero-order valence-electron chi connectivity index (χ0n) is 14.7. The fourth-order valence-corrected chi connectivity index (χ4v) is 2.74. The van der Waals surface area contributed by atoms with Crippen LogP contribution in [0, 0.1) is 10.1 Å². The highest BCUT2D eigenvalue weighted by Crippen LogP contribution is 2.22. The summed E-state index contributed by atoms with van der Waals surface area (Å²) in [6, 6.07) is 13.7. The summed E-state index contributed by atoms with van der Waals surface area (Å²) < 4.78 is 0. The number of hydrogen-bond donors (Lipinski definition) is 1. The molecule has 0 radical (unpaired) electrons. The molecule has 2 aromatic carbocycles. The number of nitrogens with zero attached hydrogens (tertiary/aromatic N) is 5. The molecule has 0 unspecified atom stereocenters. The van der Waals surface area contributed by atoms with E-state index in [1.807, 2.05) is 24.3 Å². The molecule has 26 heavy (non-hydrogen) atoms. The van der Waals surface area contributed by atoms with Gasteiger partial charge in [0.05, 0.1) is 23.0 Å². The first kappa shape index (κ1) is 18.0. The molecule has 2 aromatic rings. The molecule has 0 amide bonds. The normalized spacial score (nSPS) is 15.6. The number of hydrogen-bond acceptors (Lipinski definition) is 7. The largest absolute Gasteiger partial charge is 0.384 e. The van der Waals surface area contributed by atoms with Gasteiger partial charge in [0.1, 0.15) is 0 Å². The Morgan fingerprint density at radius 1 is 1.04 bits per heavy atom. The maximum absolute atomic E-state index is 10.6. The van der Waals surface area contributed by atoms with Crippen LogP contribution in [0.5, 0.6) is 0 Å². The van der Waals surface area contributed by atoms with Crippen molar-refractivity contribution in [2.45, 2.75) is 0 Å². The molecule has 0 bridgehead atoms. The SMILES string of the molecule is CN1CCN(CCNc2ccc(N=Nc3ccc([N+](=O)[O-])cc3)cc2)C1. The van der Waals surface area contributed by atoms with Gasteiger partial charge in [-0.05, 0) is 43.4 Å². The van der Waals surface area contributed by atoms with Crippen molar-refractivity contribution in [1.29, 1.82) is 0 Å². The second kappa shape index (κ2) is 8.50. The predicted molar refractivity (Wildman–Crippen MR) is 101 cm³/mol. The van der Waals surface area contributed by atoms with Crippen molar-refractivity contribution in [3.05, 3.63) is 58.6 Å². The molecule has 8 nitrogen and oxygen atoms in total. The molecule has 0 aliphatic carbocycles. The van der Waals surface area contributed by atoms with E-state index in [-0.39, 0.29) is 5.69 Å². The van der Waals surface area contributed by atoms with Crippen molar-refractivity contribution in [2.75, 3.05) is 45.2 Å². The van der Waals surface area contributed by atoms with E-state index in [9.17, 15) is 10.1 Å². The summed E-state index contributed by atoms with van der Waals surface area (Å²) in [5, 5.41) is 22.3. The summed E-state index contributed by atoms with van der Waals surface area (Å²) in [4.78, 5) is 14.9. The van der Waals surface area contributed by atoms with Gasteiger partial charge in [-0.15, -0.1) is 0 Å². The molecule has 1 heterocycles. The lowest BCUT2D eigenvalue weighted by molar-refractivity contribution is -0.384. The van der Waals surface area contributed by atoms with Crippen LogP contribution in [0.4, 0.5) is 22.7 Å². The summed E-state index contributed by atoms with van der Waals surface area (Å²) in [6.45, 7) is 5.21. The number of nitrogens with one attached hydrogen (secondary N) is 1. The van der Waals surface area contributed by atoms with Gasteiger partial charge in [0.25, 0.3) is 5.69 Å². The monoisotopic (exact) mass is 354 g/mol.